The van der Waals surface area contributed by atoms with Crippen molar-refractivity contribution in [2.75, 3.05) is 0 Å². The van der Waals surface area contributed by atoms with Crippen molar-refractivity contribution in [3.05, 3.63) is 70.3 Å². The highest BCUT2D eigenvalue weighted by atomic mass is 16.4. The number of benzene rings is 2. The fourth-order valence-electron chi connectivity index (χ4n) is 2.86. The van der Waals surface area contributed by atoms with Crippen LogP contribution in [0, 0.1) is 0 Å². The molecule has 0 atom stereocenters. The molecular formula is C20H23NO3. The van der Waals surface area contributed by atoms with Gasteiger partial charge < -0.3 is 10.8 Å². The van der Waals surface area contributed by atoms with E-state index in [0.29, 0.717) is 5.56 Å². The van der Waals surface area contributed by atoms with Crippen LogP contribution >= 0.6 is 0 Å². The zero-order valence-corrected chi connectivity index (χ0v) is 14.5. The third-order valence-electron chi connectivity index (χ3n) is 4.52. The molecule has 0 aliphatic heterocycles. The molecule has 4 heteroatoms. The van der Waals surface area contributed by atoms with Gasteiger partial charge in [0.1, 0.15) is 0 Å². The molecule has 0 radical (unpaired) electrons. The molecule has 3 N–H and O–H groups in total. The number of hydrogen-bond acceptors (Lipinski definition) is 2. The maximum Gasteiger partial charge on any atom is 0.335 e. The van der Waals surface area contributed by atoms with Gasteiger partial charge in [0.05, 0.1) is 5.56 Å². The van der Waals surface area contributed by atoms with E-state index in [0.717, 1.165) is 16.7 Å². The Morgan fingerprint density at radius 1 is 1.00 bits per heavy atom. The number of carbonyl (C=O) groups is 2. The number of aromatic carboxylic acids is 1. The zero-order chi connectivity index (χ0) is 18.1. The Morgan fingerprint density at radius 2 is 1.54 bits per heavy atom. The Bertz CT molecular complexity index is 774. The van der Waals surface area contributed by atoms with Crippen molar-refractivity contribution < 1.29 is 14.7 Å². The maximum atomic E-state index is 11.8. The second kappa shape index (κ2) is 6.48. The van der Waals surface area contributed by atoms with Crippen molar-refractivity contribution in [1.29, 1.82) is 0 Å². The summed E-state index contributed by atoms with van der Waals surface area (Å²) in [7, 11) is 0. The van der Waals surface area contributed by atoms with Crippen LogP contribution in [0.25, 0.3) is 0 Å². The quantitative estimate of drug-likeness (QED) is 0.874. The Kier molecular flexibility index (Phi) is 4.78. The number of primary amides is 1. The van der Waals surface area contributed by atoms with E-state index in [1.165, 1.54) is 0 Å². The Labute approximate surface area is 142 Å². The fourth-order valence-corrected chi connectivity index (χ4v) is 2.86. The lowest BCUT2D eigenvalue weighted by molar-refractivity contribution is 0.0696. The molecule has 1 amide bonds. The normalized spacial score (nSPS) is 11.5. The Hall–Kier alpha value is -2.62. The summed E-state index contributed by atoms with van der Waals surface area (Å²) in [4.78, 5) is 22.8. The second-order valence-electron chi connectivity index (χ2n) is 6.83. The van der Waals surface area contributed by atoms with Gasteiger partial charge in [-0.1, -0.05) is 52.0 Å². The zero-order valence-electron chi connectivity index (χ0n) is 14.5. The standard InChI is InChI=1S/C20H23NO3/c1-12(2)16-10-9-15(11-17(16)18(21)22)20(3,4)14-7-5-13(6-8-14)19(23)24/h5-12H,1-4H3,(H2,21,22)(H,23,24). The van der Waals surface area contributed by atoms with Crippen LogP contribution in [0.5, 0.6) is 0 Å². The van der Waals surface area contributed by atoms with E-state index in [4.69, 9.17) is 10.8 Å². The third-order valence-corrected chi connectivity index (χ3v) is 4.52. The van der Waals surface area contributed by atoms with Gasteiger partial charge in [0.15, 0.2) is 0 Å². The summed E-state index contributed by atoms with van der Waals surface area (Å²) in [5.74, 6) is -1.17. The number of carbonyl (C=O) groups excluding carboxylic acids is 1. The van der Waals surface area contributed by atoms with Gasteiger partial charge in [0.2, 0.25) is 5.91 Å². The topological polar surface area (TPSA) is 80.4 Å². The number of carboxylic acid groups (broad SMARTS) is 1. The van der Waals surface area contributed by atoms with Gasteiger partial charge in [-0.3, -0.25) is 4.79 Å². The molecule has 0 aromatic heterocycles. The summed E-state index contributed by atoms with van der Waals surface area (Å²) in [5.41, 5.74) is 8.83. The van der Waals surface area contributed by atoms with Crippen molar-refractivity contribution in [2.24, 2.45) is 5.73 Å². The highest BCUT2D eigenvalue weighted by Gasteiger charge is 2.25. The van der Waals surface area contributed by atoms with Crippen LogP contribution in [0.2, 0.25) is 0 Å². The van der Waals surface area contributed by atoms with Crippen molar-refractivity contribution in [2.45, 2.75) is 39.0 Å². The van der Waals surface area contributed by atoms with Crippen LogP contribution in [0.4, 0.5) is 0 Å². The van der Waals surface area contributed by atoms with Crippen molar-refractivity contribution in [1.82, 2.24) is 0 Å². The van der Waals surface area contributed by atoms with Crippen molar-refractivity contribution >= 4 is 11.9 Å². The van der Waals surface area contributed by atoms with Gasteiger partial charge in [0, 0.05) is 11.0 Å². The lowest BCUT2D eigenvalue weighted by Crippen LogP contribution is -2.22. The molecule has 0 unspecified atom stereocenters. The SMILES string of the molecule is CC(C)c1ccc(C(C)(C)c2ccc(C(=O)O)cc2)cc1C(N)=O. The lowest BCUT2D eigenvalue weighted by atomic mass is 9.76. The summed E-state index contributed by atoms with van der Waals surface area (Å²) in [6, 6.07) is 12.6. The number of nitrogens with two attached hydrogens (primary N) is 1. The van der Waals surface area contributed by atoms with E-state index in [1.807, 2.05) is 58.0 Å². The van der Waals surface area contributed by atoms with Crippen LogP contribution < -0.4 is 5.73 Å². The van der Waals surface area contributed by atoms with E-state index in [2.05, 4.69) is 0 Å². The average molecular weight is 325 g/mol. The second-order valence-corrected chi connectivity index (χ2v) is 6.83. The van der Waals surface area contributed by atoms with Crippen LogP contribution in [0.3, 0.4) is 0 Å². The first-order valence-corrected chi connectivity index (χ1v) is 7.92. The van der Waals surface area contributed by atoms with Gasteiger partial charge in [-0.15, -0.1) is 0 Å². The minimum absolute atomic E-state index is 0.208. The smallest absolute Gasteiger partial charge is 0.335 e. The van der Waals surface area contributed by atoms with Crippen LogP contribution in [0.15, 0.2) is 42.5 Å². The van der Waals surface area contributed by atoms with Gasteiger partial charge in [-0.25, -0.2) is 4.79 Å². The maximum absolute atomic E-state index is 11.8. The minimum atomic E-state index is -0.948. The summed E-state index contributed by atoms with van der Waals surface area (Å²) >= 11 is 0. The van der Waals surface area contributed by atoms with E-state index >= 15 is 0 Å². The molecule has 0 bridgehead atoms. The molecule has 0 saturated heterocycles. The van der Waals surface area contributed by atoms with Gasteiger partial charge in [0.25, 0.3) is 0 Å². The summed E-state index contributed by atoms with van der Waals surface area (Å²) in [6.07, 6.45) is 0. The first kappa shape index (κ1) is 17.7. The fraction of sp³-hybridized carbons (Fsp3) is 0.300. The molecule has 126 valence electrons. The molecule has 4 nitrogen and oxygen atoms in total. The summed E-state index contributed by atoms with van der Waals surface area (Å²) in [6.45, 7) is 8.13. The molecule has 2 aromatic rings. The molecule has 0 aliphatic carbocycles. The van der Waals surface area contributed by atoms with Gasteiger partial charge in [-0.05, 0) is 40.8 Å². The Balaban J connectivity index is 2.50. The highest BCUT2D eigenvalue weighted by molar-refractivity contribution is 5.94. The van der Waals surface area contributed by atoms with Gasteiger partial charge in [-0.2, -0.15) is 0 Å². The molecule has 2 rings (SSSR count). The molecule has 2 aromatic carbocycles. The number of rotatable bonds is 5. The predicted molar refractivity (Wildman–Crippen MR) is 94.6 cm³/mol. The molecule has 24 heavy (non-hydrogen) atoms. The van der Waals surface area contributed by atoms with Crippen molar-refractivity contribution in [3.63, 3.8) is 0 Å². The first-order valence-electron chi connectivity index (χ1n) is 7.92. The van der Waals surface area contributed by atoms with E-state index < -0.39 is 11.9 Å². The molecule has 0 heterocycles. The molecular weight excluding hydrogens is 302 g/mol. The summed E-state index contributed by atoms with van der Waals surface area (Å²) in [5, 5.41) is 9.02. The monoisotopic (exact) mass is 325 g/mol. The molecule has 0 fully saturated rings. The highest BCUT2D eigenvalue weighted by Crippen LogP contribution is 2.34. The minimum Gasteiger partial charge on any atom is -0.478 e. The molecule has 0 aliphatic rings. The van der Waals surface area contributed by atoms with Crippen LogP contribution in [0.1, 0.15) is 71.0 Å². The first-order chi connectivity index (χ1) is 11.1. The largest absolute Gasteiger partial charge is 0.478 e. The Morgan fingerprint density at radius 3 is 2.00 bits per heavy atom. The van der Waals surface area contributed by atoms with Crippen LogP contribution in [-0.4, -0.2) is 17.0 Å². The molecule has 0 saturated carbocycles. The van der Waals surface area contributed by atoms with E-state index in [-0.39, 0.29) is 16.9 Å². The number of hydrogen-bond donors (Lipinski definition) is 2. The molecule has 0 spiro atoms. The number of carboxylic acids is 1. The van der Waals surface area contributed by atoms with E-state index in [9.17, 15) is 9.59 Å². The van der Waals surface area contributed by atoms with Crippen LogP contribution in [-0.2, 0) is 5.41 Å². The average Bonchev–Trinajstić information content (AvgIpc) is 2.54. The van der Waals surface area contributed by atoms with E-state index in [1.54, 1.807) is 12.1 Å². The lowest BCUT2D eigenvalue weighted by Gasteiger charge is -2.27. The third kappa shape index (κ3) is 3.32. The van der Waals surface area contributed by atoms with Gasteiger partial charge >= 0.3 is 5.97 Å². The summed E-state index contributed by atoms with van der Waals surface area (Å²) < 4.78 is 0. The van der Waals surface area contributed by atoms with Crippen molar-refractivity contribution in [3.8, 4) is 0 Å². The predicted octanol–water partition coefficient (Wildman–Crippen LogP) is 3.93. The number of amides is 1.